The van der Waals surface area contributed by atoms with Crippen LogP contribution in [0, 0.1) is 0 Å². The first-order chi connectivity index (χ1) is 15.3. The second kappa shape index (κ2) is 5.58. The van der Waals surface area contributed by atoms with E-state index in [4.69, 9.17) is 0 Å². The topological polar surface area (TPSA) is 30.2 Å². The summed E-state index contributed by atoms with van der Waals surface area (Å²) in [7, 11) is 0. The van der Waals surface area contributed by atoms with Crippen molar-refractivity contribution in [3.63, 3.8) is 0 Å². The second-order valence-electron chi connectivity index (χ2n) is 7.95. The first-order valence-corrected chi connectivity index (χ1v) is 11.8. The van der Waals surface area contributed by atoms with Gasteiger partial charge in [0.05, 0.1) is 5.52 Å². The zero-order chi connectivity index (χ0) is 20.1. The van der Waals surface area contributed by atoms with E-state index in [9.17, 15) is 0 Å². The van der Waals surface area contributed by atoms with Crippen LogP contribution in [0.15, 0.2) is 79.4 Å². The second-order valence-corrected chi connectivity index (χ2v) is 10.1. The maximum Gasteiger partial charge on any atom is 0.146 e. The molecule has 3 aromatic carbocycles. The van der Waals surface area contributed by atoms with E-state index >= 15 is 0 Å². The molecule has 5 heteroatoms. The number of pyridine rings is 2. The standard InChI is InChI=1S/C26H13N3S2/c1-2-4-22-15(3-1)17-10-19-18-9-16-14-5-6-27-13-20(14)26-28-7-8-29(26)21(16)11-23(18)31-25(19)12-24(17)30-22/h1-13H. The van der Waals surface area contributed by atoms with Crippen LogP contribution in [-0.4, -0.2) is 14.4 Å². The normalized spacial score (nSPS) is 12.5. The Morgan fingerprint density at radius 1 is 0.613 bits per heavy atom. The highest BCUT2D eigenvalue weighted by Gasteiger charge is 2.15. The predicted molar refractivity (Wildman–Crippen MR) is 134 cm³/mol. The van der Waals surface area contributed by atoms with E-state index in [2.05, 4.69) is 69.0 Å². The largest absolute Gasteiger partial charge is 0.299 e. The third kappa shape index (κ3) is 2.02. The number of aromatic nitrogens is 3. The average molecular weight is 432 g/mol. The third-order valence-electron chi connectivity index (χ3n) is 6.34. The molecule has 0 spiro atoms. The highest BCUT2D eigenvalue weighted by atomic mass is 32.1. The van der Waals surface area contributed by atoms with Crippen LogP contribution in [0.25, 0.3) is 67.7 Å². The average Bonchev–Trinajstić information content (AvgIpc) is 3.51. The van der Waals surface area contributed by atoms with Gasteiger partial charge in [-0.25, -0.2) is 4.98 Å². The lowest BCUT2D eigenvalue weighted by atomic mass is 10.0. The fourth-order valence-corrected chi connectivity index (χ4v) is 7.29. The Morgan fingerprint density at radius 2 is 1.39 bits per heavy atom. The first kappa shape index (κ1) is 16.2. The fourth-order valence-electron chi connectivity index (χ4n) is 4.95. The van der Waals surface area contributed by atoms with Crippen molar-refractivity contribution in [2.24, 2.45) is 0 Å². The van der Waals surface area contributed by atoms with Crippen molar-refractivity contribution in [1.82, 2.24) is 14.4 Å². The maximum atomic E-state index is 4.61. The third-order valence-corrected chi connectivity index (χ3v) is 8.59. The van der Waals surface area contributed by atoms with Gasteiger partial charge < -0.3 is 0 Å². The van der Waals surface area contributed by atoms with Crippen LogP contribution in [0.5, 0.6) is 0 Å². The zero-order valence-corrected chi connectivity index (χ0v) is 17.8. The SMILES string of the molecule is c1ccc2c(c1)sc1cc3sc4cc5c(cc4c3cc12)c1ccncc1c1nccn51. The van der Waals surface area contributed by atoms with Gasteiger partial charge >= 0.3 is 0 Å². The van der Waals surface area contributed by atoms with Crippen LogP contribution in [0.4, 0.5) is 0 Å². The Labute approximate surface area is 183 Å². The quantitative estimate of drug-likeness (QED) is 0.230. The molecule has 31 heavy (non-hydrogen) atoms. The Balaban J connectivity index is 1.59. The van der Waals surface area contributed by atoms with Gasteiger partial charge in [0.25, 0.3) is 0 Å². The number of nitrogens with zero attached hydrogens (tertiary/aromatic N) is 3. The highest BCUT2D eigenvalue weighted by molar-refractivity contribution is 7.28. The minimum atomic E-state index is 0.961. The van der Waals surface area contributed by atoms with Gasteiger partial charge in [0.1, 0.15) is 5.65 Å². The molecular weight excluding hydrogens is 418 g/mol. The molecule has 0 bridgehead atoms. The Bertz CT molecular complexity index is 2010. The molecule has 5 heterocycles. The summed E-state index contributed by atoms with van der Waals surface area (Å²) in [4.78, 5) is 8.97. The van der Waals surface area contributed by atoms with E-state index in [1.807, 2.05) is 47.5 Å². The van der Waals surface area contributed by atoms with Crippen molar-refractivity contribution < 1.29 is 0 Å². The van der Waals surface area contributed by atoms with Gasteiger partial charge in [-0.3, -0.25) is 9.38 Å². The number of thiophene rings is 2. The number of imidazole rings is 1. The van der Waals surface area contributed by atoms with E-state index in [1.54, 1.807) is 0 Å². The van der Waals surface area contributed by atoms with Crippen molar-refractivity contribution in [2.75, 3.05) is 0 Å². The molecule has 8 aromatic rings. The van der Waals surface area contributed by atoms with Crippen molar-refractivity contribution in [1.29, 1.82) is 0 Å². The molecule has 0 N–H and O–H groups in total. The highest BCUT2D eigenvalue weighted by Crippen LogP contribution is 2.43. The summed E-state index contributed by atoms with van der Waals surface area (Å²) in [5.74, 6) is 0. The first-order valence-electron chi connectivity index (χ1n) is 10.2. The summed E-state index contributed by atoms with van der Waals surface area (Å²) in [6.45, 7) is 0. The molecule has 0 unspecified atom stereocenters. The lowest BCUT2D eigenvalue weighted by Gasteiger charge is -2.08. The molecular formula is C26H13N3S2. The molecule has 0 aliphatic carbocycles. The number of rotatable bonds is 0. The molecule has 8 rings (SSSR count). The summed E-state index contributed by atoms with van der Waals surface area (Å²) in [5, 5.41) is 8.89. The van der Waals surface area contributed by atoms with Gasteiger partial charge in [0.2, 0.25) is 0 Å². The maximum absolute atomic E-state index is 4.61. The monoisotopic (exact) mass is 431 g/mol. The minimum absolute atomic E-state index is 0.961. The molecule has 0 amide bonds. The number of benzene rings is 3. The van der Waals surface area contributed by atoms with E-state index in [0.29, 0.717) is 0 Å². The Hall–Kier alpha value is -3.54. The van der Waals surface area contributed by atoms with Crippen LogP contribution in [0.2, 0.25) is 0 Å². The molecule has 0 saturated carbocycles. The van der Waals surface area contributed by atoms with Crippen LogP contribution in [-0.2, 0) is 0 Å². The molecule has 0 fully saturated rings. The molecule has 5 aromatic heterocycles. The van der Waals surface area contributed by atoms with Crippen molar-refractivity contribution in [2.45, 2.75) is 0 Å². The van der Waals surface area contributed by atoms with Crippen LogP contribution < -0.4 is 0 Å². The number of hydrogen-bond acceptors (Lipinski definition) is 4. The van der Waals surface area contributed by atoms with Crippen LogP contribution in [0.3, 0.4) is 0 Å². The van der Waals surface area contributed by atoms with Crippen LogP contribution in [0.1, 0.15) is 0 Å². The summed E-state index contributed by atoms with van der Waals surface area (Å²) >= 11 is 3.76. The van der Waals surface area contributed by atoms with Crippen molar-refractivity contribution >= 4 is 90.3 Å². The Morgan fingerprint density at radius 3 is 2.32 bits per heavy atom. The molecule has 0 atom stereocenters. The summed E-state index contributed by atoms with van der Waals surface area (Å²) < 4.78 is 7.56. The molecule has 144 valence electrons. The molecule has 3 nitrogen and oxygen atoms in total. The predicted octanol–water partition coefficient (Wildman–Crippen LogP) is 7.77. The molecule has 0 aliphatic heterocycles. The Kier molecular flexibility index (Phi) is 2.91. The van der Waals surface area contributed by atoms with E-state index in [1.165, 1.54) is 56.6 Å². The summed E-state index contributed by atoms with van der Waals surface area (Å²) in [5.41, 5.74) is 2.15. The van der Waals surface area contributed by atoms with Gasteiger partial charge in [-0.15, -0.1) is 22.7 Å². The minimum Gasteiger partial charge on any atom is -0.299 e. The van der Waals surface area contributed by atoms with Crippen molar-refractivity contribution in [3.05, 3.63) is 79.4 Å². The lowest BCUT2D eigenvalue weighted by molar-refractivity contribution is 1.27. The molecule has 0 aliphatic rings. The van der Waals surface area contributed by atoms with Gasteiger partial charge in [0.15, 0.2) is 0 Å². The molecule has 0 radical (unpaired) electrons. The summed E-state index contributed by atoms with van der Waals surface area (Å²) in [6.07, 6.45) is 7.72. The number of hydrogen-bond donors (Lipinski definition) is 0. The van der Waals surface area contributed by atoms with Gasteiger partial charge in [0, 0.05) is 75.9 Å². The lowest BCUT2D eigenvalue weighted by Crippen LogP contribution is -1.90. The number of fused-ring (bicyclic) bond motifs is 12. The summed E-state index contributed by atoms with van der Waals surface area (Å²) in [6, 6.07) is 20.3. The van der Waals surface area contributed by atoms with Gasteiger partial charge in [-0.05, 0) is 41.8 Å². The molecule has 0 saturated heterocycles. The smallest absolute Gasteiger partial charge is 0.146 e. The van der Waals surface area contributed by atoms with E-state index < -0.39 is 0 Å². The van der Waals surface area contributed by atoms with Gasteiger partial charge in [-0.1, -0.05) is 18.2 Å². The van der Waals surface area contributed by atoms with Crippen molar-refractivity contribution in [3.8, 4) is 0 Å². The zero-order valence-electron chi connectivity index (χ0n) is 16.2. The van der Waals surface area contributed by atoms with E-state index in [-0.39, 0.29) is 0 Å². The fraction of sp³-hybridized carbons (Fsp3) is 0. The van der Waals surface area contributed by atoms with E-state index in [0.717, 1.165) is 11.0 Å². The van der Waals surface area contributed by atoms with Gasteiger partial charge in [-0.2, -0.15) is 0 Å². The van der Waals surface area contributed by atoms with Crippen LogP contribution >= 0.6 is 22.7 Å².